The Balaban J connectivity index is 1.09. The zero-order chi connectivity index (χ0) is 26.8. The average Bonchev–Trinajstić information content (AvgIpc) is 3.61. The van der Waals surface area contributed by atoms with Gasteiger partial charge in [0.2, 0.25) is 11.8 Å². The van der Waals surface area contributed by atoms with Crippen molar-refractivity contribution in [1.29, 1.82) is 5.26 Å². The van der Waals surface area contributed by atoms with E-state index < -0.39 is 5.41 Å². The molecule has 2 aromatic heterocycles. The number of amides is 2. The van der Waals surface area contributed by atoms with Crippen LogP contribution in [0.4, 0.5) is 11.5 Å². The molecule has 200 valence electrons. The summed E-state index contributed by atoms with van der Waals surface area (Å²) in [5.41, 5.74) is 2.62. The van der Waals surface area contributed by atoms with Gasteiger partial charge < -0.3 is 15.0 Å². The standard InChI is InChI=1S/C30H32N6O3/c31-20-30(24-7-8-24)10-12-36(29(30)38)25-9-11-32-27(16-25)34-28(37)15-21-4-3-5-22(14-21)23-17-33-35(18-23)19-26-6-1-2-13-39-26/h3-5,9,11,14,16-18,24,26H,1-2,6-8,10,12-13,15,19H2,(H,32,34,37)/t26?,30-/m1/s1. The first kappa shape index (κ1) is 25.3. The first-order chi connectivity index (χ1) is 19.0. The monoisotopic (exact) mass is 524 g/mol. The maximum Gasteiger partial charge on any atom is 0.247 e. The molecule has 2 aliphatic heterocycles. The molecular formula is C30H32N6O3. The van der Waals surface area contributed by atoms with Gasteiger partial charge in [0.15, 0.2) is 0 Å². The molecule has 9 heteroatoms. The van der Waals surface area contributed by atoms with E-state index in [1.165, 1.54) is 6.42 Å². The van der Waals surface area contributed by atoms with E-state index in [-0.39, 0.29) is 30.3 Å². The third-order valence-corrected chi connectivity index (χ3v) is 8.08. The highest BCUT2D eigenvalue weighted by Crippen LogP contribution is 2.51. The number of benzene rings is 1. The summed E-state index contributed by atoms with van der Waals surface area (Å²) in [6.07, 6.45) is 11.7. The fourth-order valence-corrected chi connectivity index (χ4v) is 5.80. The molecule has 0 radical (unpaired) electrons. The SMILES string of the molecule is N#C[C@@]1(C2CC2)CCN(c2ccnc(NC(=O)Cc3cccc(-c4cnn(CC5CCCCO5)c4)c3)c2)C1=O. The number of carbonyl (C=O) groups excluding carboxylic acids is 2. The summed E-state index contributed by atoms with van der Waals surface area (Å²) in [6.45, 7) is 2.06. The lowest BCUT2D eigenvalue weighted by atomic mass is 9.83. The number of ether oxygens (including phenoxy) is 1. The lowest BCUT2D eigenvalue weighted by Gasteiger charge is -2.22. The zero-order valence-electron chi connectivity index (χ0n) is 21.9. The van der Waals surface area contributed by atoms with Crippen LogP contribution in [0.2, 0.25) is 0 Å². The van der Waals surface area contributed by atoms with Crippen molar-refractivity contribution in [2.24, 2.45) is 11.3 Å². The Labute approximate surface area is 227 Å². The van der Waals surface area contributed by atoms with Gasteiger partial charge in [-0.1, -0.05) is 24.3 Å². The second-order valence-electron chi connectivity index (χ2n) is 10.8. The van der Waals surface area contributed by atoms with Crippen LogP contribution in [0, 0.1) is 22.7 Å². The van der Waals surface area contributed by atoms with Crippen molar-refractivity contribution in [3.05, 3.63) is 60.6 Å². The van der Waals surface area contributed by atoms with Gasteiger partial charge in [0.05, 0.1) is 31.3 Å². The summed E-state index contributed by atoms with van der Waals surface area (Å²) in [5, 5.41) is 17.1. The van der Waals surface area contributed by atoms with Gasteiger partial charge in [0.1, 0.15) is 11.2 Å². The molecule has 2 atom stereocenters. The van der Waals surface area contributed by atoms with Crippen molar-refractivity contribution in [3.8, 4) is 17.2 Å². The van der Waals surface area contributed by atoms with Crippen LogP contribution in [-0.4, -0.2) is 45.8 Å². The summed E-state index contributed by atoms with van der Waals surface area (Å²) >= 11 is 0. The van der Waals surface area contributed by atoms with E-state index in [0.717, 1.165) is 55.5 Å². The molecule has 1 unspecified atom stereocenters. The minimum Gasteiger partial charge on any atom is -0.376 e. The molecule has 3 aromatic rings. The van der Waals surface area contributed by atoms with Gasteiger partial charge in [-0.05, 0) is 61.6 Å². The molecule has 0 spiro atoms. The van der Waals surface area contributed by atoms with Crippen molar-refractivity contribution < 1.29 is 14.3 Å². The molecule has 9 nitrogen and oxygen atoms in total. The molecule has 6 rings (SSSR count). The Kier molecular flexibility index (Phi) is 6.88. The molecule has 3 fully saturated rings. The molecule has 4 heterocycles. The molecule has 3 aliphatic rings. The lowest BCUT2D eigenvalue weighted by Crippen LogP contribution is -2.35. The number of carbonyl (C=O) groups is 2. The number of hydrogen-bond acceptors (Lipinski definition) is 6. The first-order valence-electron chi connectivity index (χ1n) is 13.8. The van der Waals surface area contributed by atoms with E-state index in [1.807, 2.05) is 41.3 Å². The fraction of sp³-hybridized carbons (Fsp3) is 0.433. The number of anilines is 2. The molecular weight excluding hydrogens is 492 g/mol. The van der Waals surface area contributed by atoms with E-state index >= 15 is 0 Å². The molecule has 1 aromatic carbocycles. The number of aromatic nitrogens is 3. The maximum atomic E-state index is 13.1. The number of nitrogens with one attached hydrogen (secondary N) is 1. The largest absolute Gasteiger partial charge is 0.376 e. The molecule has 0 bridgehead atoms. The Bertz CT molecular complexity index is 1420. The Morgan fingerprint density at radius 3 is 2.87 bits per heavy atom. The van der Waals surface area contributed by atoms with Gasteiger partial charge in [-0.25, -0.2) is 4.98 Å². The Hall–Kier alpha value is -4.03. The summed E-state index contributed by atoms with van der Waals surface area (Å²) in [4.78, 5) is 32.0. The predicted molar refractivity (Wildman–Crippen MR) is 146 cm³/mol. The van der Waals surface area contributed by atoms with Gasteiger partial charge >= 0.3 is 0 Å². The second-order valence-corrected chi connectivity index (χ2v) is 10.8. The van der Waals surface area contributed by atoms with Gasteiger partial charge in [0, 0.05) is 42.9 Å². The van der Waals surface area contributed by atoms with Crippen LogP contribution in [0.25, 0.3) is 11.1 Å². The lowest BCUT2D eigenvalue weighted by molar-refractivity contribution is -0.123. The first-order valence-corrected chi connectivity index (χ1v) is 13.8. The normalized spacial score (nSPS) is 23.0. The third kappa shape index (κ3) is 5.30. The van der Waals surface area contributed by atoms with Crippen LogP contribution in [0.5, 0.6) is 0 Å². The minimum absolute atomic E-state index is 0.137. The van der Waals surface area contributed by atoms with Crippen LogP contribution < -0.4 is 10.2 Å². The number of pyridine rings is 1. The highest BCUT2D eigenvalue weighted by atomic mass is 16.5. The van der Waals surface area contributed by atoms with Gasteiger partial charge in [-0.15, -0.1) is 0 Å². The molecule has 1 N–H and O–H groups in total. The highest BCUT2D eigenvalue weighted by molar-refractivity contribution is 6.02. The second kappa shape index (κ2) is 10.6. The van der Waals surface area contributed by atoms with Gasteiger partial charge in [-0.2, -0.15) is 10.4 Å². The molecule has 1 aliphatic carbocycles. The predicted octanol–water partition coefficient (Wildman–Crippen LogP) is 4.35. The van der Waals surface area contributed by atoms with Crippen LogP contribution in [-0.2, 0) is 27.3 Å². The quantitative estimate of drug-likeness (QED) is 0.469. The fourth-order valence-electron chi connectivity index (χ4n) is 5.80. The molecule has 2 saturated heterocycles. The number of nitrogens with zero attached hydrogens (tertiary/aromatic N) is 5. The van der Waals surface area contributed by atoms with Gasteiger partial charge in [-0.3, -0.25) is 14.3 Å². The molecule has 2 amide bonds. The smallest absolute Gasteiger partial charge is 0.247 e. The van der Waals surface area contributed by atoms with Crippen molar-refractivity contribution in [2.45, 2.75) is 57.6 Å². The number of hydrogen-bond donors (Lipinski definition) is 1. The summed E-state index contributed by atoms with van der Waals surface area (Å²) in [7, 11) is 0. The van der Waals surface area contributed by atoms with Crippen molar-refractivity contribution in [2.75, 3.05) is 23.4 Å². The van der Waals surface area contributed by atoms with Crippen molar-refractivity contribution >= 4 is 23.3 Å². The highest BCUT2D eigenvalue weighted by Gasteiger charge is 2.56. The van der Waals surface area contributed by atoms with E-state index in [4.69, 9.17) is 4.74 Å². The van der Waals surface area contributed by atoms with E-state index in [9.17, 15) is 14.9 Å². The number of nitriles is 1. The summed E-state index contributed by atoms with van der Waals surface area (Å²) in [5.74, 6) is 0.215. The van der Waals surface area contributed by atoms with Crippen molar-refractivity contribution in [1.82, 2.24) is 14.8 Å². The number of rotatable bonds is 8. The van der Waals surface area contributed by atoms with E-state index in [0.29, 0.717) is 24.5 Å². The summed E-state index contributed by atoms with van der Waals surface area (Å²) in [6, 6.07) is 13.7. The Morgan fingerprint density at radius 2 is 2.08 bits per heavy atom. The van der Waals surface area contributed by atoms with Crippen LogP contribution in [0.15, 0.2) is 55.0 Å². The third-order valence-electron chi connectivity index (χ3n) is 8.08. The van der Waals surface area contributed by atoms with E-state index in [1.54, 1.807) is 23.2 Å². The van der Waals surface area contributed by atoms with Crippen molar-refractivity contribution in [3.63, 3.8) is 0 Å². The average molecular weight is 525 g/mol. The molecule has 39 heavy (non-hydrogen) atoms. The topological polar surface area (TPSA) is 113 Å². The van der Waals surface area contributed by atoms with Crippen LogP contribution >= 0.6 is 0 Å². The van der Waals surface area contributed by atoms with Crippen LogP contribution in [0.3, 0.4) is 0 Å². The minimum atomic E-state index is -0.905. The zero-order valence-corrected chi connectivity index (χ0v) is 21.9. The van der Waals surface area contributed by atoms with Crippen LogP contribution in [0.1, 0.15) is 44.1 Å². The summed E-state index contributed by atoms with van der Waals surface area (Å²) < 4.78 is 7.76. The Morgan fingerprint density at radius 1 is 1.18 bits per heavy atom. The molecule has 1 saturated carbocycles. The van der Waals surface area contributed by atoms with E-state index in [2.05, 4.69) is 21.5 Å². The van der Waals surface area contributed by atoms with Gasteiger partial charge in [0.25, 0.3) is 0 Å². The maximum absolute atomic E-state index is 13.1.